The van der Waals surface area contributed by atoms with Crippen LogP contribution in [0.5, 0.6) is 0 Å². The van der Waals surface area contributed by atoms with Gasteiger partial charge in [-0.1, -0.05) is 39.3 Å². The number of hydrogen-bond donors (Lipinski definition) is 1. The quantitative estimate of drug-likeness (QED) is 0.600. The molecule has 4 aliphatic carbocycles. The summed E-state index contributed by atoms with van der Waals surface area (Å²) < 4.78 is 6.80. The molecule has 0 aromatic carbocycles. The highest BCUT2D eigenvalue weighted by Crippen LogP contribution is 2.69. The van der Waals surface area contributed by atoms with Crippen LogP contribution in [0, 0.1) is 46.3 Å². The molecule has 1 aliphatic heterocycles. The van der Waals surface area contributed by atoms with Gasteiger partial charge >= 0.3 is 0 Å². The molecule has 182 valence electrons. The first kappa shape index (κ1) is 23.3. The first-order chi connectivity index (χ1) is 15.6. The van der Waals surface area contributed by atoms with Crippen LogP contribution in [-0.4, -0.2) is 30.4 Å². The number of hydrogen-bond acceptors (Lipinski definition) is 3. The lowest BCUT2D eigenvalue weighted by atomic mass is 9.47. The second-order valence-electron chi connectivity index (χ2n) is 12.6. The zero-order valence-electron chi connectivity index (χ0n) is 21.2. The number of fused-ring (bicyclic) bond motifs is 7. The van der Waals surface area contributed by atoms with Crippen molar-refractivity contribution in [3.63, 3.8) is 0 Å². The van der Waals surface area contributed by atoms with E-state index in [9.17, 15) is 9.59 Å². The second kappa shape index (κ2) is 8.36. The largest absolute Gasteiger partial charge is 0.374 e. The fourth-order valence-electron chi connectivity index (χ4n) is 9.08. The van der Waals surface area contributed by atoms with E-state index in [1.54, 1.807) is 6.92 Å². The van der Waals surface area contributed by atoms with Gasteiger partial charge < -0.3 is 10.1 Å². The van der Waals surface area contributed by atoms with Gasteiger partial charge in [-0.3, -0.25) is 9.59 Å². The highest BCUT2D eigenvalue weighted by molar-refractivity contribution is 6.01. The molecule has 10 unspecified atom stereocenters. The van der Waals surface area contributed by atoms with Crippen LogP contribution >= 0.6 is 0 Å². The van der Waals surface area contributed by atoms with Gasteiger partial charge in [0.25, 0.3) is 0 Å². The first-order valence-electron chi connectivity index (χ1n) is 13.5. The number of allylic oxidation sites excluding steroid dienone is 4. The fraction of sp³-hybridized carbons (Fsp3) is 0.793. The lowest BCUT2D eigenvalue weighted by molar-refractivity contribution is -0.119. The van der Waals surface area contributed by atoms with Crippen molar-refractivity contribution in [3.05, 3.63) is 23.8 Å². The normalized spacial score (nSPS) is 46.6. The molecule has 1 saturated heterocycles. The van der Waals surface area contributed by atoms with Gasteiger partial charge in [0.05, 0.1) is 12.2 Å². The molecule has 0 aromatic heterocycles. The van der Waals surface area contributed by atoms with E-state index >= 15 is 0 Å². The molecule has 33 heavy (non-hydrogen) atoms. The minimum atomic E-state index is 0.0611. The van der Waals surface area contributed by atoms with Crippen LogP contribution in [0.3, 0.4) is 0 Å². The summed E-state index contributed by atoms with van der Waals surface area (Å²) in [7, 11) is 0. The molecular weight excluding hydrogens is 410 g/mol. The van der Waals surface area contributed by atoms with E-state index in [0.717, 1.165) is 37.6 Å². The molecule has 3 saturated carbocycles. The Hall–Kier alpha value is -1.42. The molecule has 0 radical (unpaired) electrons. The van der Waals surface area contributed by atoms with Crippen molar-refractivity contribution in [2.24, 2.45) is 46.3 Å². The Kier molecular flexibility index (Phi) is 5.91. The Balaban J connectivity index is 1.27. The van der Waals surface area contributed by atoms with Gasteiger partial charge in [-0.15, -0.1) is 0 Å². The Morgan fingerprint density at radius 1 is 1.27 bits per heavy atom. The lowest BCUT2D eigenvalue weighted by Crippen LogP contribution is -2.50. The first-order valence-corrected chi connectivity index (χ1v) is 13.5. The highest BCUT2D eigenvalue weighted by Gasteiger charge is 2.64. The van der Waals surface area contributed by atoms with Crippen LogP contribution < -0.4 is 5.32 Å². The van der Waals surface area contributed by atoms with Crippen molar-refractivity contribution in [1.82, 2.24) is 5.32 Å². The maximum Gasteiger partial charge on any atom is 0.216 e. The maximum absolute atomic E-state index is 12.0. The molecule has 1 amide bonds. The van der Waals surface area contributed by atoms with E-state index in [2.05, 4.69) is 39.1 Å². The molecule has 0 bridgehead atoms. The number of ketones is 1. The number of carbonyl (C=O) groups is 2. The van der Waals surface area contributed by atoms with Gasteiger partial charge in [0, 0.05) is 18.9 Å². The van der Waals surface area contributed by atoms with Gasteiger partial charge in [-0.25, -0.2) is 0 Å². The van der Waals surface area contributed by atoms with E-state index in [0.29, 0.717) is 41.3 Å². The highest BCUT2D eigenvalue weighted by atomic mass is 16.5. The van der Waals surface area contributed by atoms with Crippen LogP contribution in [0.25, 0.3) is 0 Å². The molecule has 4 fully saturated rings. The Morgan fingerprint density at radius 3 is 2.82 bits per heavy atom. The van der Waals surface area contributed by atoms with Gasteiger partial charge in [-0.05, 0) is 98.0 Å². The third kappa shape index (κ3) is 3.75. The van der Waals surface area contributed by atoms with Crippen molar-refractivity contribution < 1.29 is 14.3 Å². The fourth-order valence-corrected chi connectivity index (χ4v) is 9.08. The molecule has 1 N–H and O–H groups in total. The van der Waals surface area contributed by atoms with E-state index in [4.69, 9.17) is 4.74 Å². The Bertz CT molecular complexity index is 876. The summed E-state index contributed by atoms with van der Waals surface area (Å²) in [5.74, 6) is 4.18. The summed E-state index contributed by atoms with van der Waals surface area (Å²) >= 11 is 0. The van der Waals surface area contributed by atoms with Crippen LogP contribution in [-0.2, 0) is 14.3 Å². The third-order valence-corrected chi connectivity index (χ3v) is 10.8. The molecule has 4 heteroatoms. The van der Waals surface area contributed by atoms with Crippen molar-refractivity contribution >= 4 is 11.7 Å². The summed E-state index contributed by atoms with van der Waals surface area (Å²) in [5.41, 5.74) is 1.85. The lowest BCUT2D eigenvalue weighted by Gasteiger charge is -2.57. The standard InChI is InChI=1S/C29H43NO3/c1-17(16-30-19(3)31)6-9-25-18(2)27-26(33-25)15-24-22-8-7-20-14-21(32)10-12-28(20,4)23(22)11-13-29(24,27)5/h10,12,14,17-18,22-27H,6-9,11,13,15-16H2,1-5H3,(H,30,31). The van der Waals surface area contributed by atoms with E-state index < -0.39 is 0 Å². The number of rotatable bonds is 5. The molecule has 1 heterocycles. The summed E-state index contributed by atoms with van der Waals surface area (Å²) in [6, 6.07) is 0. The monoisotopic (exact) mass is 453 g/mol. The zero-order valence-corrected chi connectivity index (χ0v) is 21.2. The average Bonchev–Trinajstić information content (AvgIpc) is 3.24. The van der Waals surface area contributed by atoms with Crippen LogP contribution in [0.1, 0.15) is 79.6 Å². The SMILES string of the molecule is CC(=O)NCC(C)CCC1OC2CC3C4CCC5=CC(=O)C=CC5(C)C4CCC3(C)C2C1C. The molecule has 0 aromatic rings. The van der Waals surface area contributed by atoms with Gasteiger partial charge in [-0.2, -0.15) is 0 Å². The van der Waals surface area contributed by atoms with E-state index in [1.165, 1.54) is 31.3 Å². The number of ether oxygens (including phenoxy) is 1. The Labute approximate surface area is 200 Å². The predicted molar refractivity (Wildman–Crippen MR) is 130 cm³/mol. The van der Waals surface area contributed by atoms with E-state index in [1.807, 2.05) is 12.2 Å². The van der Waals surface area contributed by atoms with Gasteiger partial charge in [0.1, 0.15) is 0 Å². The van der Waals surface area contributed by atoms with Crippen molar-refractivity contribution in [3.8, 4) is 0 Å². The predicted octanol–water partition coefficient (Wildman–Crippen LogP) is 5.48. The zero-order chi connectivity index (χ0) is 23.5. The van der Waals surface area contributed by atoms with Crippen LogP contribution in [0.2, 0.25) is 0 Å². The minimum Gasteiger partial charge on any atom is -0.374 e. The summed E-state index contributed by atoms with van der Waals surface area (Å²) in [6.45, 7) is 12.0. The maximum atomic E-state index is 12.0. The molecule has 5 aliphatic rings. The third-order valence-electron chi connectivity index (χ3n) is 10.8. The Morgan fingerprint density at radius 2 is 2.06 bits per heavy atom. The average molecular weight is 454 g/mol. The van der Waals surface area contributed by atoms with Crippen molar-refractivity contribution in [2.75, 3.05) is 6.54 Å². The minimum absolute atomic E-state index is 0.0611. The summed E-state index contributed by atoms with van der Waals surface area (Å²) in [5, 5.41) is 2.96. The molecule has 5 rings (SSSR count). The number of carbonyl (C=O) groups excluding carboxylic acids is 2. The van der Waals surface area contributed by atoms with Crippen LogP contribution in [0.4, 0.5) is 0 Å². The van der Waals surface area contributed by atoms with Gasteiger partial charge in [0.2, 0.25) is 5.91 Å². The van der Waals surface area contributed by atoms with Crippen molar-refractivity contribution in [1.29, 1.82) is 0 Å². The summed E-state index contributed by atoms with van der Waals surface area (Å²) in [4.78, 5) is 23.2. The molecule has 0 spiro atoms. The van der Waals surface area contributed by atoms with E-state index in [-0.39, 0.29) is 17.1 Å². The smallest absolute Gasteiger partial charge is 0.216 e. The van der Waals surface area contributed by atoms with Crippen LogP contribution in [0.15, 0.2) is 23.8 Å². The molecule has 10 atom stereocenters. The topological polar surface area (TPSA) is 55.4 Å². The second-order valence-corrected chi connectivity index (χ2v) is 12.6. The number of amides is 1. The molecular formula is C29H43NO3. The number of nitrogens with one attached hydrogen (secondary N) is 1. The van der Waals surface area contributed by atoms with Crippen molar-refractivity contribution in [2.45, 2.75) is 91.8 Å². The summed E-state index contributed by atoms with van der Waals surface area (Å²) in [6.07, 6.45) is 15.1. The molecule has 4 nitrogen and oxygen atoms in total. The van der Waals surface area contributed by atoms with Gasteiger partial charge in [0.15, 0.2) is 5.78 Å².